The maximum Gasteiger partial charge on any atom is 0.223 e. The summed E-state index contributed by atoms with van der Waals surface area (Å²) >= 11 is 0. The lowest BCUT2D eigenvalue weighted by molar-refractivity contribution is -0.125. The number of nitrogen functional groups attached to an aromatic ring is 1. The maximum absolute atomic E-state index is 11.7. The molecule has 5 heteroatoms. The van der Waals surface area contributed by atoms with Gasteiger partial charge in [0.1, 0.15) is 5.75 Å². The molecule has 1 amide bonds. The summed E-state index contributed by atoms with van der Waals surface area (Å²) in [5.41, 5.74) is 6.17. The molecule has 110 valence electrons. The fourth-order valence-electron chi connectivity index (χ4n) is 2.24. The summed E-state index contributed by atoms with van der Waals surface area (Å²) in [4.78, 5) is 11.7. The molecule has 0 aliphatic heterocycles. The van der Waals surface area contributed by atoms with Gasteiger partial charge in [-0.3, -0.25) is 4.79 Å². The third-order valence-electron chi connectivity index (χ3n) is 3.76. The molecule has 3 N–H and O–H groups in total. The molecule has 0 bridgehead atoms. The number of nitrogens with two attached hydrogens (primary N) is 1. The monoisotopic (exact) mass is 278 g/mol. The van der Waals surface area contributed by atoms with E-state index in [1.807, 2.05) is 12.1 Å². The van der Waals surface area contributed by atoms with E-state index in [0.717, 1.165) is 12.8 Å². The van der Waals surface area contributed by atoms with E-state index in [9.17, 15) is 4.79 Å². The van der Waals surface area contributed by atoms with Gasteiger partial charge in [0.05, 0.1) is 18.6 Å². The molecular weight excluding hydrogens is 256 g/mol. The van der Waals surface area contributed by atoms with Crippen molar-refractivity contribution >= 4 is 11.6 Å². The van der Waals surface area contributed by atoms with Crippen molar-refractivity contribution in [3.05, 3.63) is 24.3 Å². The Hall–Kier alpha value is -1.75. The highest BCUT2D eigenvalue weighted by Gasteiger charge is 2.37. The average Bonchev–Trinajstić information content (AvgIpc) is 2.38. The minimum absolute atomic E-state index is 0.0165. The smallest absolute Gasteiger partial charge is 0.223 e. The molecule has 0 spiro atoms. The lowest BCUT2D eigenvalue weighted by Crippen LogP contribution is -2.49. The number of carbonyl (C=O) groups is 1. The van der Waals surface area contributed by atoms with Crippen LogP contribution in [0.4, 0.5) is 5.69 Å². The Bertz CT molecular complexity index is 453. The second-order valence-corrected chi connectivity index (χ2v) is 5.19. The molecule has 20 heavy (non-hydrogen) atoms. The number of amides is 1. The highest BCUT2D eigenvalue weighted by molar-refractivity contribution is 5.76. The minimum atomic E-state index is -0.135. The summed E-state index contributed by atoms with van der Waals surface area (Å²) in [6, 6.07) is 7.18. The van der Waals surface area contributed by atoms with Gasteiger partial charge < -0.3 is 20.5 Å². The first-order valence-corrected chi connectivity index (χ1v) is 6.94. The van der Waals surface area contributed by atoms with E-state index < -0.39 is 0 Å². The minimum Gasteiger partial charge on any atom is -0.493 e. The first kappa shape index (κ1) is 14.7. The van der Waals surface area contributed by atoms with Crippen molar-refractivity contribution in [2.24, 2.45) is 0 Å². The molecular formula is C15H22N2O3. The molecule has 1 aliphatic carbocycles. The van der Waals surface area contributed by atoms with Crippen molar-refractivity contribution in [3.8, 4) is 5.75 Å². The molecule has 0 radical (unpaired) electrons. The first-order chi connectivity index (χ1) is 9.63. The molecule has 0 atom stereocenters. The zero-order chi connectivity index (χ0) is 14.4. The molecule has 1 aromatic rings. The van der Waals surface area contributed by atoms with Gasteiger partial charge >= 0.3 is 0 Å². The van der Waals surface area contributed by atoms with Crippen molar-refractivity contribution in [3.63, 3.8) is 0 Å². The molecule has 0 heterocycles. The molecule has 5 nitrogen and oxygen atoms in total. The van der Waals surface area contributed by atoms with Crippen LogP contribution in [0.1, 0.15) is 25.7 Å². The van der Waals surface area contributed by atoms with E-state index in [4.69, 9.17) is 15.2 Å². The Balaban J connectivity index is 1.65. The normalized spacial score (nSPS) is 16.2. The number of carbonyl (C=O) groups excluding carboxylic acids is 1. The fourth-order valence-corrected chi connectivity index (χ4v) is 2.24. The topological polar surface area (TPSA) is 73.6 Å². The highest BCUT2D eigenvalue weighted by Crippen LogP contribution is 2.34. The summed E-state index contributed by atoms with van der Waals surface area (Å²) in [6.45, 7) is 0.926. The van der Waals surface area contributed by atoms with Gasteiger partial charge in [0.15, 0.2) is 0 Å². The SMILES string of the molecule is COC1(CNC(=O)CCOc2cccc(N)c2)CCC1. The Morgan fingerprint density at radius 1 is 1.45 bits per heavy atom. The number of hydrogen-bond donors (Lipinski definition) is 2. The maximum atomic E-state index is 11.7. The quantitative estimate of drug-likeness (QED) is 0.745. The number of nitrogens with one attached hydrogen (secondary N) is 1. The van der Waals surface area contributed by atoms with Crippen molar-refractivity contribution in [2.45, 2.75) is 31.3 Å². The van der Waals surface area contributed by atoms with Crippen LogP contribution in [0.25, 0.3) is 0 Å². The predicted octanol–water partition coefficient (Wildman–Crippen LogP) is 1.72. The molecule has 0 unspecified atom stereocenters. The standard InChI is InChI=1S/C15H22N2O3/c1-19-15(7-3-8-15)11-17-14(18)6-9-20-13-5-2-4-12(16)10-13/h2,4-5,10H,3,6-9,11,16H2,1H3,(H,17,18). The molecule has 0 saturated heterocycles. The van der Waals surface area contributed by atoms with Gasteiger partial charge in [-0.15, -0.1) is 0 Å². The zero-order valence-corrected chi connectivity index (χ0v) is 11.9. The summed E-state index contributed by atoms with van der Waals surface area (Å²) < 4.78 is 10.9. The third kappa shape index (κ3) is 3.87. The van der Waals surface area contributed by atoms with Crippen molar-refractivity contribution in [1.82, 2.24) is 5.32 Å². The molecule has 1 fully saturated rings. The average molecular weight is 278 g/mol. The van der Waals surface area contributed by atoms with Crippen LogP contribution in [0.3, 0.4) is 0 Å². The Morgan fingerprint density at radius 2 is 2.25 bits per heavy atom. The second kappa shape index (κ2) is 6.61. The van der Waals surface area contributed by atoms with Crippen molar-refractivity contribution in [1.29, 1.82) is 0 Å². The van der Waals surface area contributed by atoms with Crippen LogP contribution in [-0.4, -0.2) is 31.8 Å². The van der Waals surface area contributed by atoms with Gasteiger partial charge in [-0.25, -0.2) is 0 Å². The Labute approximate surface area is 119 Å². The Morgan fingerprint density at radius 3 is 2.85 bits per heavy atom. The van der Waals surface area contributed by atoms with E-state index in [-0.39, 0.29) is 11.5 Å². The lowest BCUT2D eigenvalue weighted by Gasteiger charge is -2.40. The largest absolute Gasteiger partial charge is 0.493 e. The Kier molecular flexibility index (Phi) is 4.84. The highest BCUT2D eigenvalue weighted by atomic mass is 16.5. The third-order valence-corrected chi connectivity index (χ3v) is 3.76. The van der Waals surface area contributed by atoms with Gasteiger partial charge in [-0.2, -0.15) is 0 Å². The van der Waals surface area contributed by atoms with Gasteiger partial charge in [-0.05, 0) is 31.4 Å². The van der Waals surface area contributed by atoms with E-state index >= 15 is 0 Å². The summed E-state index contributed by atoms with van der Waals surface area (Å²) in [7, 11) is 1.70. The van der Waals surface area contributed by atoms with Gasteiger partial charge in [0.25, 0.3) is 0 Å². The zero-order valence-electron chi connectivity index (χ0n) is 11.9. The van der Waals surface area contributed by atoms with Crippen LogP contribution in [0.15, 0.2) is 24.3 Å². The molecule has 1 aromatic carbocycles. The van der Waals surface area contributed by atoms with Crippen LogP contribution in [-0.2, 0) is 9.53 Å². The van der Waals surface area contributed by atoms with E-state index in [0.29, 0.717) is 31.0 Å². The molecule has 2 rings (SSSR count). The van der Waals surface area contributed by atoms with Crippen molar-refractivity contribution < 1.29 is 14.3 Å². The number of benzene rings is 1. The number of methoxy groups -OCH3 is 1. The van der Waals surface area contributed by atoms with Crippen LogP contribution >= 0.6 is 0 Å². The lowest BCUT2D eigenvalue weighted by atomic mass is 9.80. The number of ether oxygens (including phenoxy) is 2. The van der Waals surface area contributed by atoms with E-state index in [2.05, 4.69) is 5.32 Å². The fraction of sp³-hybridized carbons (Fsp3) is 0.533. The van der Waals surface area contributed by atoms with Gasteiger partial charge in [0.2, 0.25) is 5.91 Å². The van der Waals surface area contributed by atoms with Gasteiger partial charge in [0, 0.05) is 25.4 Å². The van der Waals surface area contributed by atoms with E-state index in [1.165, 1.54) is 6.42 Å². The number of anilines is 1. The second-order valence-electron chi connectivity index (χ2n) is 5.19. The summed E-state index contributed by atoms with van der Waals surface area (Å²) in [5, 5.41) is 2.91. The van der Waals surface area contributed by atoms with Crippen LogP contribution in [0.2, 0.25) is 0 Å². The van der Waals surface area contributed by atoms with Crippen molar-refractivity contribution in [2.75, 3.05) is 26.0 Å². The number of hydrogen-bond acceptors (Lipinski definition) is 4. The van der Waals surface area contributed by atoms with Crippen LogP contribution in [0, 0.1) is 0 Å². The summed E-state index contributed by atoms with van der Waals surface area (Å²) in [5.74, 6) is 0.669. The number of rotatable bonds is 7. The molecule has 0 aromatic heterocycles. The van der Waals surface area contributed by atoms with E-state index in [1.54, 1.807) is 19.2 Å². The molecule has 1 aliphatic rings. The molecule has 1 saturated carbocycles. The van der Waals surface area contributed by atoms with Crippen LogP contribution in [0.5, 0.6) is 5.75 Å². The van der Waals surface area contributed by atoms with Gasteiger partial charge in [-0.1, -0.05) is 6.07 Å². The first-order valence-electron chi connectivity index (χ1n) is 6.94. The summed E-state index contributed by atoms with van der Waals surface area (Å²) in [6.07, 6.45) is 3.53. The van der Waals surface area contributed by atoms with Crippen LogP contribution < -0.4 is 15.8 Å². The predicted molar refractivity (Wildman–Crippen MR) is 77.6 cm³/mol.